The normalized spacial score (nSPS) is 13.0. The molecule has 172 valence electrons. The number of carbonyl (C=O) groups excluding carboxylic acids is 3. The van der Waals surface area contributed by atoms with Crippen LogP contribution in [0.3, 0.4) is 0 Å². The van der Waals surface area contributed by atoms with E-state index in [1.54, 1.807) is 46.9 Å². The van der Waals surface area contributed by atoms with Crippen LogP contribution in [0.15, 0.2) is 30.8 Å². The number of hydrogen-bond donors (Lipinski definition) is 2. The average molecular weight is 432 g/mol. The fourth-order valence-electron chi connectivity index (χ4n) is 3.07. The van der Waals surface area contributed by atoms with E-state index < -0.39 is 29.7 Å². The van der Waals surface area contributed by atoms with Gasteiger partial charge in [-0.15, -0.1) is 0 Å². The molecule has 0 aromatic heterocycles. The molecule has 0 spiro atoms. The Morgan fingerprint density at radius 3 is 2.48 bits per heavy atom. The van der Waals surface area contributed by atoms with E-state index in [0.717, 1.165) is 24.8 Å². The minimum atomic E-state index is -0.863. The Morgan fingerprint density at radius 2 is 1.90 bits per heavy atom. The van der Waals surface area contributed by atoms with Gasteiger partial charge >= 0.3 is 6.09 Å². The molecular weight excluding hydrogens is 394 g/mol. The summed E-state index contributed by atoms with van der Waals surface area (Å²) in [5.74, 6) is -0.666. The second kappa shape index (κ2) is 12.1. The van der Waals surface area contributed by atoms with Crippen molar-refractivity contribution in [3.63, 3.8) is 0 Å². The first-order chi connectivity index (χ1) is 14.5. The zero-order valence-corrected chi connectivity index (χ0v) is 19.7. The van der Waals surface area contributed by atoms with Gasteiger partial charge in [-0.2, -0.15) is 0 Å². The number of amides is 3. The van der Waals surface area contributed by atoms with E-state index >= 15 is 0 Å². The van der Waals surface area contributed by atoms with Gasteiger partial charge in [0.15, 0.2) is 0 Å². The largest absolute Gasteiger partial charge is 0.444 e. The summed E-state index contributed by atoms with van der Waals surface area (Å²) in [6.45, 7) is 13.2. The summed E-state index contributed by atoms with van der Waals surface area (Å²) < 4.78 is 5.23. The molecule has 3 amide bonds. The van der Waals surface area contributed by atoms with Crippen LogP contribution in [0.25, 0.3) is 6.08 Å². The molecule has 0 aliphatic heterocycles. The van der Waals surface area contributed by atoms with Crippen molar-refractivity contribution in [3.8, 4) is 0 Å². The van der Waals surface area contributed by atoms with Crippen LogP contribution in [0.5, 0.6) is 0 Å². The number of nitrogens with zero attached hydrogens (tertiary/aromatic N) is 1. The van der Waals surface area contributed by atoms with Crippen molar-refractivity contribution in [3.05, 3.63) is 42.0 Å². The highest BCUT2D eigenvalue weighted by atomic mass is 16.6. The van der Waals surface area contributed by atoms with Crippen molar-refractivity contribution in [2.24, 2.45) is 0 Å². The Bertz CT molecular complexity index is 770. The van der Waals surface area contributed by atoms with Gasteiger partial charge in [0.2, 0.25) is 11.8 Å². The quantitative estimate of drug-likeness (QED) is 0.547. The van der Waals surface area contributed by atoms with Gasteiger partial charge in [0, 0.05) is 13.6 Å². The third-order valence-electron chi connectivity index (χ3n) is 4.63. The second-order valence-electron chi connectivity index (χ2n) is 8.59. The van der Waals surface area contributed by atoms with E-state index in [2.05, 4.69) is 24.1 Å². The Labute approximate surface area is 186 Å². The van der Waals surface area contributed by atoms with Gasteiger partial charge in [0.05, 0.1) is 0 Å². The molecule has 0 aliphatic rings. The topological polar surface area (TPSA) is 87.7 Å². The van der Waals surface area contributed by atoms with E-state index in [1.165, 1.54) is 4.90 Å². The van der Waals surface area contributed by atoms with Gasteiger partial charge in [-0.25, -0.2) is 4.79 Å². The molecule has 2 N–H and O–H groups in total. The molecule has 0 aliphatic carbocycles. The molecule has 1 rings (SSSR count). The number of nitrogens with one attached hydrogen (secondary N) is 2. The highest BCUT2D eigenvalue weighted by Crippen LogP contribution is 2.22. The predicted molar refractivity (Wildman–Crippen MR) is 123 cm³/mol. The summed E-state index contributed by atoms with van der Waals surface area (Å²) >= 11 is 0. The van der Waals surface area contributed by atoms with Gasteiger partial charge in [-0.1, -0.05) is 50.6 Å². The smallest absolute Gasteiger partial charge is 0.408 e. The lowest BCUT2D eigenvalue weighted by molar-refractivity contribution is -0.140. The van der Waals surface area contributed by atoms with E-state index in [0.29, 0.717) is 12.1 Å². The molecule has 0 bridgehead atoms. The molecule has 2 atom stereocenters. The lowest BCUT2D eigenvalue weighted by Gasteiger charge is -2.30. The Morgan fingerprint density at radius 1 is 1.23 bits per heavy atom. The molecule has 7 nitrogen and oxygen atoms in total. The number of unbranched alkanes of at least 4 members (excludes halogenated alkanes) is 2. The van der Waals surface area contributed by atoms with Crippen LogP contribution in [0, 0.1) is 0 Å². The van der Waals surface area contributed by atoms with Crippen molar-refractivity contribution in [1.29, 1.82) is 0 Å². The summed E-state index contributed by atoms with van der Waals surface area (Å²) in [5, 5.41) is 5.47. The first kappa shape index (κ1) is 26.2. The number of rotatable bonds is 10. The molecule has 2 unspecified atom stereocenters. The third kappa shape index (κ3) is 8.82. The summed E-state index contributed by atoms with van der Waals surface area (Å²) in [7, 11) is 1.56. The number of benzene rings is 1. The molecule has 1 aromatic rings. The maximum absolute atomic E-state index is 13.0. The maximum Gasteiger partial charge on any atom is 0.408 e. The van der Waals surface area contributed by atoms with Crippen LogP contribution >= 0.6 is 0 Å². The first-order valence-electron chi connectivity index (χ1n) is 10.8. The molecule has 0 fully saturated rings. The Balaban J connectivity index is 3.04. The molecule has 31 heavy (non-hydrogen) atoms. The van der Waals surface area contributed by atoms with Gasteiger partial charge < -0.3 is 20.3 Å². The monoisotopic (exact) mass is 431 g/mol. The Kier molecular flexibility index (Phi) is 10.3. The minimum Gasteiger partial charge on any atom is -0.444 e. The predicted octanol–water partition coefficient (Wildman–Crippen LogP) is 4.05. The van der Waals surface area contributed by atoms with Crippen LogP contribution in [0.4, 0.5) is 4.79 Å². The standard InChI is InChI=1S/C24H37N3O4/c1-8-10-11-15-25-21(28)20(19-14-12-13-18(9-2)16-19)27(7)22(29)17(3)26-23(30)31-24(4,5)6/h9,12-14,16-17,20H,2,8,10-11,15H2,1,3-7H3,(H,25,28)(H,26,30). The van der Waals surface area contributed by atoms with Gasteiger partial charge in [-0.3, -0.25) is 9.59 Å². The van der Waals surface area contributed by atoms with E-state index in [-0.39, 0.29) is 5.91 Å². The summed E-state index contributed by atoms with van der Waals surface area (Å²) in [5.41, 5.74) is 0.845. The van der Waals surface area contributed by atoms with Crippen LogP contribution in [-0.2, 0) is 14.3 Å². The molecule has 0 saturated heterocycles. The summed E-state index contributed by atoms with van der Waals surface area (Å²) in [6.07, 6.45) is 3.94. The van der Waals surface area contributed by atoms with Crippen molar-refractivity contribution < 1.29 is 19.1 Å². The van der Waals surface area contributed by atoms with Gasteiger partial charge in [0.25, 0.3) is 0 Å². The number of alkyl carbamates (subject to hydrolysis) is 1. The fourth-order valence-corrected chi connectivity index (χ4v) is 3.07. The van der Waals surface area contributed by atoms with E-state index in [9.17, 15) is 14.4 Å². The van der Waals surface area contributed by atoms with Crippen molar-refractivity contribution in [1.82, 2.24) is 15.5 Å². The lowest BCUT2D eigenvalue weighted by Crippen LogP contribution is -2.50. The number of likely N-dealkylation sites (N-methyl/N-ethyl adjacent to an activating group) is 1. The summed E-state index contributed by atoms with van der Waals surface area (Å²) in [4.78, 5) is 39.5. The fraction of sp³-hybridized carbons (Fsp3) is 0.542. The SMILES string of the molecule is C=Cc1cccc(C(C(=O)NCCCCC)N(C)C(=O)C(C)NC(=O)OC(C)(C)C)c1. The minimum absolute atomic E-state index is 0.266. The van der Waals surface area contributed by atoms with E-state index in [1.807, 2.05) is 18.2 Å². The average Bonchev–Trinajstić information content (AvgIpc) is 2.69. The maximum atomic E-state index is 13.0. The molecule has 0 heterocycles. The van der Waals surface area contributed by atoms with E-state index in [4.69, 9.17) is 4.74 Å². The van der Waals surface area contributed by atoms with Crippen LogP contribution in [0.2, 0.25) is 0 Å². The zero-order chi connectivity index (χ0) is 23.6. The Hall–Kier alpha value is -2.83. The number of ether oxygens (including phenoxy) is 1. The highest BCUT2D eigenvalue weighted by Gasteiger charge is 2.32. The number of carbonyl (C=O) groups is 3. The van der Waals surface area contributed by atoms with Crippen LogP contribution in [-0.4, -0.2) is 48.0 Å². The van der Waals surface area contributed by atoms with Gasteiger partial charge in [0.1, 0.15) is 17.7 Å². The first-order valence-corrected chi connectivity index (χ1v) is 10.8. The zero-order valence-electron chi connectivity index (χ0n) is 19.7. The molecule has 1 aromatic carbocycles. The molecule has 7 heteroatoms. The van der Waals surface area contributed by atoms with Crippen molar-refractivity contribution >= 4 is 24.0 Å². The van der Waals surface area contributed by atoms with Crippen molar-refractivity contribution in [2.45, 2.75) is 71.6 Å². The van der Waals surface area contributed by atoms with Crippen LogP contribution in [0.1, 0.15) is 71.0 Å². The van der Waals surface area contributed by atoms with Gasteiger partial charge in [-0.05, 0) is 51.3 Å². The third-order valence-corrected chi connectivity index (χ3v) is 4.63. The molecular formula is C24H37N3O4. The molecule has 0 radical (unpaired) electrons. The van der Waals surface area contributed by atoms with Crippen LogP contribution < -0.4 is 10.6 Å². The second-order valence-corrected chi connectivity index (χ2v) is 8.59. The summed E-state index contributed by atoms with van der Waals surface area (Å²) in [6, 6.07) is 5.64. The lowest BCUT2D eigenvalue weighted by atomic mass is 10.0. The number of hydrogen-bond acceptors (Lipinski definition) is 4. The molecule has 0 saturated carbocycles. The highest BCUT2D eigenvalue weighted by molar-refractivity contribution is 5.91. The van der Waals surface area contributed by atoms with Crippen molar-refractivity contribution in [2.75, 3.05) is 13.6 Å².